The molecule has 1 aliphatic rings. The number of carbonyl (C=O) groups is 1. The molecule has 96 valence electrons. The fourth-order valence-electron chi connectivity index (χ4n) is 2.02. The van der Waals surface area contributed by atoms with Gasteiger partial charge < -0.3 is 4.90 Å². The van der Waals surface area contributed by atoms with E-state index in [1.165, 1.54) is 24.3 Å². The third-order valence-electron chi connectivity index (χ3n) is 3.04. The molecule has 1 aromatic rings. The monoisotopic (exact) mass is 251 g/mol. The Morgan fingerprint density at radius 3 is 2.56 bits per heavy atom. The molecule has 1 fully saturated rings. The molecule has 0 spiro atoms. The third kappa shape index (κ3) is 3.15. The quantitative estimate of drug-likeness (QED) is 0.740. The number of carbonyl (C=O) groups excluding carboxylic acids is 1. The molecule has 0 radical (unpaired) electrons. The second-order valence-electron chi connectivity index (χ2n) is 4.39. The van der Waals surface area contributed by atoms with Crippen LogP contribution in [-0.4, -0.2) is 23.9 Å². The van der Waals surface area contributed by atoms with Crippen molar-refractivity contribution in [3.8, 4) is 0 Å². The largest absolute Gasteiger partial charge is 0.339 e. The van der Waals surface area contributed by atoms with Crippen LogP contribution in [0.5, 0.6) is 0 Å². The van der Waals surface area contributed by atoms with E-state index in [-0.39, 0.29) is 11.5 Å². The van der Waals surface area contributed by atoms with Gasteiger partial charge in [-0.25, -0.2) is 8.78 Å². The zero-order valence-corrected chi connectivity index (χ0v) is 10.0. The van der Waals surface area contributed by atoms with Crippen LogP contribution in [0, 0.1) is 11.6 Å². The van der Waals surface area contributed by atoms with Crippen LogP contribution in [0.25, 0.3) is 6.08 Å². The maximum Gasteiger partial charge on any atom is 0.246 e. The number of benzene rings is 1. The van der Waals surface area contributed by atoms with Crippen LogP contribution >= 0.6 is 0 Å². The van der Waals surface area contributed by atoms with Crippen LogP contribution in [-0.2, 0) is 4.79 Å². The van der Waals surface area contributed by atoms with Gasteiger partial charge in [0.25, 0.3) is 0 Å². The van der Waals surface area contributed by atoms with Gasteiger partial charge in [0.1, 0.15) is 11.6 Å². The maximum atomic E-state index is 13.3. The molecular weight excluding hydrogens is 236 g/mol. The summed E-state index contributed by atoms with van der Waals surface area (Å²) in [5, 5.41) is 0. The van der Waals surface area contributed by atoms with Crippen LogP contribution < -0.4 is 0 Å². The first-order valence-corrected chi connectivity index (χ1v) is 6.09. The van der Waals surface area contributed by atoms with Gasteiger partial charge in [-0.2, -0.15) is 0 Å². The van der Waals surface area contributed by atoms with Gasteiger partial charge in [0.05, 0.1) is 0 Å². The predicted molar refractivity (Wildman–Crippen MR) is 65.8 cm³/mol. The number of amides is 1. The van der Waals surface area contributed by atoms with E-state index in [0.29, 0.717) is 0 Å². The van der Waals surface area contributed by atoms with Crippen molar-refractivity contribution in [2.24, 2.45) is 0 Å². The Kier molecular flexibility index (Phi) is 4.07. The highest BCUT2D eigenvalue weighted by Gasteiger charge is 2.13. The summed E-state index contributed by atoms with van der Waals surface area (Å²) < 4.78 is 26.0. The minimum atomic E-state index is -0.655. The van der Waals surface area contributed by atoms with Crippen molar-refractivity contribution in [1.82, 2.24) is 4.90 Å². The Morgan fingerprint density at radius 1 is 1.17 bits per heavy atom. The van der Waals surface area contributed by atoms with Crippen LogP contribution in [0.2, 0.25) is 0 Å². The summed E-state index contributed by atoms with van der Waals surface area (Å²) in [5.41, 5.74) is 0.224. The summed E-state index contributed by atoms with van der Waals surface area (Å²) in [6.45, 7) is 1.52. The van der Waals surface area contributed by atoms with E-state index in [4.69, 9.17) is 0 Å². The summed E-state index contributed by atoms with van der Waals surface area (Å²) in [4.78, 5) is 13.5. The molecule has 1 aliphatic heterocycles. The van der Waals surface area contributed by atoms with E-state index >= 15 is 0 Å². The highest BCUT2D eigenvalue weighted by atomic mass is 19.1. The lowest BCUT2D eigenvalue weighted by Gasteiger charge is -2.25. The van der Waals surface area contributed by atoms with Crippen LogP contribution in [0.15, 0.2) is 24.3 Å². The Hall–Kier alpha value is -1.71. The zero-order valence-electron chi connectivity index (χ0n) is 10.0. The highest BCUT2D eigenvalue weighted by Crippen LogP contribution is 2.13. The fourth-order valence-corrected chi connectivity index (χ4v) is 2.02. The number of likely N-dealkylation sites (tertiary alicyclic amines) is 1. The third-order valence-corrected chi connectivity index (χ3v) is 3.04. The first-order valence-electron chi connectivity index (χ1n) is 6.09. The van der Waals surface area contributed by atoms with Gasteiger partial charge in [-0.1, -0.05) is 0 Å². The average molecular weight is 251 g/mol. The van der Waals surface area contributed by atoms with Gasteiger partial charge in [0.2, 0.25) is 5.91 Å². The van der Waals surface area contributed by atoms with Crippen molar-refractivity contribution in [3.63, 3.8) is 0 Å². The molecule has 0 unspecified atom stereocenters. The predicted octanol–water partition coefficient (Wildman–Crippen LogP) is 2.99. The smallest absolute Gasteiger partial charge is 0.246 e. The molecule has 0 saturated carbocycles. The Morgan fingerprint density at radius 2 is 1.89 bits per heavy atom. The van der Waals surface area contributed by atoms with Gasteiger partial charge in [-0.15, -0.1) is 0 Å². The van der Waals surface area contributed by atoms with Crippen LogP contribution in [0.1, 0.15) is 24.8 Å². The van der Waals surface area contributed by atoms with Crippen LogP contribution in [0.3, 0.4) is 0 Å². The lowest BCUT2D eigenvalue weighted by atomic mass is 10.1. The summed E-state index contributed by atoms with van der Waals surface area (Å²) >= 11 is 0. The number of rotatable bonds is 2. The molecular formula is C14H15F2NO. The molecule has 2 rings (SSSR count). The summed E-state index contributed by atoms with van der Waals surface area (Å²) in [5.74, 6) is -1.39. The van der Waals surface area contributed by atoms with Crippen molar-refractivity contribution in [2.45, 2.75) is 19.3 Å². The Labute approximate surface area is 105 Å². The molecule has 1 heterocycles. The molecule has 0 N–H and O–H groups in total. The van der Waals surface area contributed by atoms with E-state index < -0.39 is 11.6 Å². The molecule has 0 aromatic heterocycles. The Balaban J connectivity index is 2.03. The van der Waals surface area contributed by atoms with E-state index in [2.05, 4.69) is 0 Å². The molecule has 18 heavy (non-hydrogen) atoms. The van der Waals surface area contributed by atoms with Crippen molar-refractivity contribution < 1.29 is 13.6 Å². The van der Waals surface area contributed by atoms with Gasteiger partial charge in [0.15, 0.2) is 0 Å². The minimum absolute atomic E-state index is 0.113. The van der Waals surface area contributed by atoms with E-state index in [1.807, 2.05) is 0 Å². The summed E-state index contributed by atoms with van der Waals surface area (Å²) in [6, 6.07) is 3.31. The van der Waals surface area contributed by atoms with Crippen molar-refractivity contribution in [2.75, 3.05) is 13.1 Å². The lowest BCUT2D eigenvalue weighted by molar-refractivity contribution is -0.126. The molecule has 1 amide bonds. The highest BCUT2D eigenvalue weighted by molar-refractivity contribution is 5.91. The first kappa shape index (κ1) is 12.7. The van der Waals surface area contributed by atoms with Gasteiger partial charge in [-0.3, -0.25) is 4.79 Å². The minimum Gasteiger partial charge on any atom is -0.339 e. The second-order valence-corrected chi connectivity index (χ2v) is 4.39. The van der Waals surface area contributed by atoms with Crippen molar-refractivity contribution in [3.05, 3.63) is 41.5 Å². The van der Waals surface area contributed by atoms with E-state index in [0.717, 1.165) is 38.4 Å². The topological polar surface area (TPSA) is 20.3 Å². The number of hydrogen-bond donors (Lipinski definition) is 0. The zero-order chi connectivity index (χ0) is 13.0. The summed E-state index contributed by atoms with van der Waals surface area (Å²) in [6.07, 6.45) is 5.93. The van der Waals surface area contributed by atoms with E-state index in [1.54, 1.807) is 4.90 Å². The second kappa shape index (κ2) is 5.76. The van der Waals surface area contributed by atoms with Gasteiger partial charge in [-0.05, 0) is 37.5 Å². The molecule has 0 atom stereocenters. The SMILES string of the molecule is O=C(C=Cc1ccc(F)cc1F)N1CCCCC1. The van der Waals surface area contributed by atoms with Crippen molar-refractivity contribution >= 4 is 12.0 Å². The summed E-state index contributed by atoms with van der Waals surface area (Å²) in [7, 11) is 0. The molecule has 0 bridgehead atoms. The molecule has 2 nitrogen and oxygen atoms in total. The van der Waals surface area contributed by atoms with Gasteiger partial charge in [0, 0.05) is 30.8 Å². The standard InChI is InChI=1S/C14H15F2NO/c15-12-6-4-11(13(16)10-12)5-7-14(18)17-8-2-1-3-9-17/h4-7,10H,1-3,8-9H2. The maximum absolute atomic E-state index is 13.3. The van der Waals surface area contributed by atoms with Crippen LogP contribution in [0.4, 0.5) is 8.78 Å². The molecule has 0 aliphatic carbocycles. The number of hydrogen-bond acceptors (Lipinski definition) is 1. The normalized spacial score (nSPS) is 16.2. The fraction of sp³-hybridized carbons (Fsp3) is 0.357. The number of halogens is 2. The van der Waals surface area contributed by atoms with Gasteiger partial charge >= 0.3 is 0 Å². The lowest BCUT2D eigenvalue weighted by Crippen LogP contribution is -2.34. The molecule has 1 saturated heterocycles. The molecule has 1 aromatic carbocycles. The van der Waals surface area contributed by atoms with E-state index in [9.17, 15) is 13.6 Å². The number of nitrogens with zero attached hydrogens (tertiary/aromatic N) is 1. The Bertz CT molecular complexity index is 465. The first-order chi connectivity index (χ1) is 8.66. The number of piperidine rings is 1. The van der Waals surface area contributed by atoms with Crippen molar-refractivity contribution in [1.29, 1.82) is 0 Å². The molecule has 4 heteroatoms. The average Bonchev–Trinajstić information content (AvgIpc) is 2.38.